The number of pyridine rings is 1. The van der Waals surface area contributed by atoms with Crippen molar-refractivity contribution in [1.82, 2.24) is 9.97 Å². The SMILES string of the molecule is CN(C)c1ccc(-c2ccc(-c3nc4ccc(N(CCOCCOCCOCCOCCOCC(=O)OC(C)(C)C)C(=O)OC(C)(C)C)cc4s3)cc2)cn1. The molecule has 2 heterocycles. The number of hydrogen-bond donors (Lipinski definition) is 0. The minimum Gasteiger partial charge on any atom is -0.458 e. The Morgan fingerprint density at radius 2 is 1.20 bits per heavy atom. The molecule has 0 fully saturated rings. The number of esters is 1. The van der Waals surface area contributed by atoms with Crippen molar-refractivity contribution in [2.75, 3.05) is 96.5 Å². The standard InChI is InChI=1S/C41H56N4O9S/c1-40(2,3)53-37(46)29-52-26-25-51-24-23-50-22-21-49-20-19-48-18-17-45(39(47)54-41(4,5)6)33-14-15-34-35(27-33)55-38(43-34)31-11-9-30(10-12-31)32-13-16-36(42-28-32)44(7)8/h9-16,27-28H,17-26,29H2,1-8H3. The van der Waals surface area contributed by atoms with Crippen LogP contribution in [-0.4, -0.2) is 120 Å². The number of fused-ring (bicyclic) bond motifs is 1. The lowest BCUT2D eigenvalue weighted by atomic mass is 10.1. The number of carbonyl (C=O) groups excluding carboxylic acids is 2. The molecule has 0 radical (unpaired) electrons. The Balaban J connectivity index is 1.18. The summed E-state index contributed by atoms with van der Waals surface area (Å²) < 4.78 is 39.5. The van der Waals surface area contributed by atoms with Crippen LogP contribution in [0.5, 0.6) is 0 Å². The maximum absolute atomic E-state index is 13.3. The number of ether oxygens (including phenoxy) is 7. The van der Waals surface area contributed by atoms with Crippen LogP contribution in [0.4, 0.5) is 16.3 Å². The number of carbonyl (C=O) groups is 2. The second-order valence-electron chi connectivity index (χ2n) is 14.8. The first kappa shape index (κ1) is 43.5. The molecule has 55 heavy (non-hydrogen) atoms. The summed E-state index contributed by atoms with van der Waals surface area (Å²) in [5.41, 5.74) is 3.51. The van der Waals surface area contributed by atoms with Crippen LogP contribution in [0.25, 0.3) is 31.9 Å². The van der Waals surface area contributed by atoms with E-state index in [1.165, 1.54) is 0 Å². The van der Waals surface area contributed by atoms with Gasteiger partial charge in [-0.3, -0.25) is 4.90 Å². The van der Waals surface area contributed by atoms with E-state index < -0.39 is 23.3 Å². The molecular weight excluding hydrogens is 725 g/mol. The third kappa shape index (κ3) is 15.5. The number of rotatable bonds is 21. The summed E-state index contributed by atoms with van der Waals surface area (Å²) in [6.45, 7) is 14.5. The molecule has 300 valence electrons. The van der Waals surface area contributed by atoms with E-state index in [0.29, 0.717) is 71.7 Å². The van der Waals surface area contributed by atoms with Crippen LogP contribution >= 0.6 is 11.3 Å². The van der Waals surface area contributed by atoms with Crippen molar-refractivity contribution in [2.24, 2.45) is 0 Å². The molecule has 0 saturated heterocycles. The summed E-state index contributed by atoms with van der Waals surface area (Å²) >= 11 is 1.57. The number of benzene rings is 2. The van der Waals surface area contributed by atoms with Gasteiger partial charge in [0, 0.05) is 37.1 Å². The maximum Gasteiger partial charge on any atom is 0.414 e. The molecule has 0 aliphatic rings. The van der Waals surface area contributed by atoms with Crippen LogP contribution < -0.4 is 9.80 Å². The van der Waals surface area contributed by atoms with Gasteiger partial charge in [-0.05, 0) is 77.4 Å². The fourth-order valence-corrected chi connectivity index (χ4v) is 6.04. The monoisotopic (exact) mass is 780 g/mol. The van der Waals surface area contributed by atoms with E-state index in [0.717, 1.165) is 37.7 Å². The molecule has 0 atom stereocenters. The molecule has 0 saturated carbocycles. The van der Waals surface area contributed by atoms with E-state index in [1.807, 2.05) is 91.0 Å². The number of anilines is 2. The normalized spacial score (nSPS) is 11.9. The number of hydrogen-bond acceptors (Lipinski definition) is 13. The van der Waals surface area contributed by atoms with Crippen LogP contribution in [0.15, 0.2) is 60.8 Å². The Kier molecular flexibility index (Phi) is 16.8. The smallest absolute Gasteiger partial charge is 0.414 e. The lowest BCUT2D eigenvalue weighted by Gasteiger charge is -2.27. The molecule has 13 nitrogen and oxygen atoms in total. The van der Waals surface area contributed by atoms with Gasteiger partial charge in [-0.15, -0.1) is 11.3 Å². The largest absolute Gasteiger partial charge is 0.458 e. The topological polar surface area (TPSA) is 131 Å². The average molecular weight is 781 g/mol. The van der Waals surface area contributed by atoms with Crippen molar-refractivity contribution in [3.63, 3.8) is 0 Å². The van der Waals surface area contributed by atoms with Gasteiger partial charge >= 0.3 is 12.1 Å². The van der Waals surface area contributed by atoms with Crippen molar-refractivity contribution in [3.8, 4) is 21.7 Å². The predicted octanol–water partition coefficient (Wildman–Crippen LogP) is 7.26. The van der Waals surface area contributed by atoms with Gasteiger partial charge < -0.3 is 38.1 Å². The van der Waals surface area contributed by atoms with Gasteiger partial charge in [0.25, 0.3) is 0 Å². The van der Waals surface area contributed by atoms with Gasteiger partial charge in [0.2, 0.25) is 0 Å². The van der Waals surface area contributed by atoms with Gasteiger partial charge in [-0.1, -0.05) is 24.3 Å². The first-order valence-electron chi connectivity index (χ1n) is 18.4. The van der Waals surface area contributed by atoms with E-state index in [-0.39, 0.29) is 6.61 Å². The first-order valence-corrected chi connectivity index (χ1v) is 19.3. The summed E-state index contributed by atoms with van der Waals surface area (Å²) in [5, 5.41) is 0.893. The molecule has 0 N–H and O–H groups in total. The fraction of sp³-hybridized carbons (Fsp3) is 0.512. The lowest BCUT2D eigenvalue weighted by molar-refractivity contribution is -0.160. The molecule has 0 bridgehead atoms. The lowest BCUT2D eigenvalue weighted by Crippen LogP contribution is -2.39. The van der Waals surface area contributed by atoms with Crippen molar-refractivity contribution < 1.29 is 42.7 Å². The molecule has 14 heteroatoms. The zero-order chi connectivity index (χ0) is 39.8. The molecule has 0 spiro atoms. The molecular formula is C41H56N4O9S. The Morgan fingerprint density at radius 3 is 1.75 bits per heavy atom. The van der Waals surface area contributed by atoms with Crippen LogP contribution in [0.1, 0.15) is 41.5 Å². The third-order valence-corrected chi connectivity index (χ3v) is 8.62. The van der Waals surface area contributed by atoms with E-state index in [4.69, 9.17) is 38.1 Å². The number of thiazole rings is 1. The highest BCUT2D eigenvalue weighted by molar-refractivity contribution is 7.21. The molecule has 0 aliphatic carbocycles. The van der Waals surface area contributed by atoms with E-state index in [9.17, 15) is 9.59 Å². The summed E-state index contributed by atoms with van der Waals surface area (Å²) in [4.78, 5) is 37.9. The zero-order valence-electron chi connectivity index (χ0n) is 33.4. The summed E-state index contributed by atoms with van der Waals surface area (Å²) in [7, 11) is 3.94. The van der Waals surface area contributed by atoms with E-state index in [1.54, 1.807) is 16.2 Å². The molecule has 0 aliphatic heterocycles. The summed E-state index contributed by atoms with van der Waals surface area (Å²) in [6.07, 6.45) is 1.43. The highest BCUT2D eigenvalue weighted by atomic mass is 32.1. The van der Waals surface area contributed by atoms with Gasteiger partial charge in [-0.25, -0.2) is 19.6 Å². The van der Waals surface area contributed by atoms with Crippen LogP contribution in [0, 0.1) is 0 Å². The van der Waals surface area contributed by atoms with Crippen molar-refractivity contribution >= 4 is 45.1 Å². The third-order valence-electron chi connectivity index (χ3n) is 7.56. The first-order chi connectivity index (χ1) is 26.2. The number of amides is 1. The predicted molar refractivity (Wildman–Crippen MR) is 216 cm³/mol. The Morgan fingerprint density at radius 1 is 0.655 bits per heavy atom. The highest BCUT2D eigenvalue weighted by Gasteiger charge is 2.24. The van der Waals surface area contributed by atoms with Gasteiger partial charge in [0.05, 0.1) is 76.2 Å². The van der Waals surface area contributed by atoms with E-state index in [2.05, 4.69) is 35.3 Å². The second-order valence-corrected chi connectivity index (χ2v) is 15.8. The molecule has 1 amide bonds. The summed E-state index contributed by atoms with van der Waals surface area (Å²) in [6, 6.07) is 18.2. The molecule has 2 aromatic carbocycles. The second kappa shape index (κ2) is 21.2. The molecule has 0 unspecified atom stereocenters. The fourth-order valence-electron chi connectivity index (χ4n) is 5.04. The van der Waals surface area contributed by atoms with Gasteiger partial charge in [-0.2, -0.15) is 0 Å². The minimum absolute atomic E-state index is 0.102. The van der Waals surface area contributed by atoms with Crippen LogP contribution in [0.3, 0.4) is 0 Å². The van der Waals surface area contributed by atoms with E-state index >= 15 is 0 Å². The maximum atomic E-state index is 13.3. The van der Waals surface area contributed by atoms with Crippen molar-refractivity contribution in [3.05, 3.63) is 60.8 Å². The number of nitrogens with zero attached hydrogens (tertiary/aromatic N) is 4. The van der Waals surface area contributed by atoms with Gasteiger partial charge in [0.15, 0.2) is 0 Å². The van der Waals surface area contributed by atoms with Gasteiger partial charge in [0.1, 0.15) is 28.6 Å². The van der Waals surface area contributed by atoms with Crippen LogP contribution in [0.2, 0.25) is 0 Å². The number of aromatic nitrogens is 2. The Labute approximate surface area is 328 Å². The Hall–Kier alpha value is -4.18. The highest BCUT2D eigenvalue weighted by Crippen LogP contribution is 2.34. The van der Waals surface area contributed by atoms with Crippen molar-refractivity contribution in [1.29, 1.82) is 0 Å². The van der Waals surface area contributed by atoms with Crippen molar-refractivity contribution in [2.45, 2.75) is 52.7 Å². The zero-order valence-corrected chi connectivity index (χ0v) is 34.2. The van der Waals surface area contributed by atoms with Crippen LogP contribution in [-0.2, 0) is 38.0 Å². The quantitative estimate of drug-likeness (QED) is 0.0623. The molecule has 4 aromatic rings. The molecule has 4 rings (SSSR count). The summed E-state index contributed by atoms with van der Waals surface area (Å²) in [5.74, 6) is 0.511. The minimum atomic E-state index is -0.658. The molecule has 2 aromatic heterocycles. The average Bonchev–Trinajstić information content (AvgIpc) is 3.55. The Bertz CT molecular complexity index is 1770.